The molecule has 0 aliphatic heterocycles. The highest BCUT2D eigenvalue weighted by atomic mass is 32.2. The number of rotatable bonds is 4. The Morgan fingerprint density at radius 1 is 0.500 bits per heavy atom. The van der Waals surface area contributed by atoms with Gasteiger partial charge in [-0.25, -0.2) is 0 Å². The molecular weight excluding hydrogens is 516 g/mol. The van der Waals surface area contributed by atoms with Gasteiger partial charge in [-0.15, -0.1) is 0 Å². The van der Waals surface area contributed by atoms with Gasteiger partial charge in [0.25, 0.3) is 20.0 Å². The number of nitrogens with zero attached hydrogens (tertiary/aromatic N) is 2. The Labute approximate surface area is 226 Å². The lowest BCUT2D eigenvalue weighted by atomic mass is 9.87. The van der Waals surface area contributed by atoms with Gasteiger partial charge in [-0.05, 0) is 58.4 Å². The van der Waals surface area contributed by atoms with E-state index in [1.807, 2.05) is 0 Å². The van der Waals surface area contributed by atoms with Crippen molar-refractivity contribution in [2.45, 2.75) is 62.2 Å². The number of allylic oxidation sites excluding steroid dienone is 2. The highest BCUT2D eigenvalue weighted by Gasteiger charge is 2.24. The molecule has 0 N–H and O–H groups in total. The summed E-state index contributed by atoms with van der Waals surface area (Å²) in [6.45, 7) is 12.3. The molecule has 0 unspecified atom stereocenters. The van der Waals surface area contributed by atoms with E-state index in [0.29, 0.717) is 11.1 Å². The summed E-state index contributed by atoms with van der Waals surface area (Å²) in [7, 11) is -8.00. The van der Waals surface area contributed by atoms with Crippen LogP contribution in [0.2, 0.25) is 0 Å². The minimum absolute atomic E-state index is 0.0876. The molecule has 1 aliphatic carbocycles. The van der Waals surface area contributed by atoms with Gasteiger partial charge < -0.3 is 0 Å². The third-order valence-corrected chi connectivity index (χ3v) is 8.96. The van der Waals surface area contributed by atoms with E-state index in [4.69, 9.17) is 0 Å². The average molecular weight is 549 g/mol. The molecule has 198 valence electrons. The molecule has 0 saturated heterocycles. The summed E-state index contributed by atoms with van der Waals surface area (Å²) < 4.78 is 60.6. The Hall–Kier alpha value is -3.36. The molecule has 8 heteroatoms. The fourth-order valence-corrected chi connectivity index (χ4v) is 6.05. The van der Waals surface area contributed by atoms with Crippen molar-refractivity contribution in [1.82, 2.24) is 0 Å². The fourth-order valence-electron chi connectivity index (χ4n) is 4.04. The first-order valence-corrected chi connectivity index (χ1v) is 15.1. The van der Waals surface area contributed by atoms with E-state index < -0.39 is 20.0 Å². The zero-order valence-electron chi connectivity index (χ0n) is 22.4. The van der Waals surface area contributed by atoms with Crippen LogP contribution >= 0.6 is 0 Å². The molecule has 0 fully saturated rings. The van der Waals surface area contributed by atoms with Crippen LogP contribution in [0.3, 0.4) is 0 Å². The molecule has 3 aromatic rings. The summed E-state index contributed by atoms with van der Waals surface area (Å²) in [5, 5.41) is 0. The summed E-state index contributed by atoms with van der Waals surface area (Å²) in [6, 6.07) is 20.3. The molecule has 1 aliphatic rings. The molecule has 4 rings (SSSR count). The van der Waals surface area contributed by atoms with E-state index in [1.54, 1.807) is 72.8 Å². The van der Waals surface area contributed by atoms with Gasteiger partial charge in [0, 0.05) is 11.1 Å². The second kappa shape index (κ2) is 9.75. The van der Waals surface area contributed by atoms with Crippen molar-refractivity contribution in [2.24, 2.45) is 8.80 Å². The standard InChI is InChI=1S/C30H32N2O4S2/c1-29(2,3)21-11-15-23(16-12-21)37(33,34)31-27-19-20-28(26-10-8-7-9-25(26)27)32-38(35,36)24-17-13-22(14-18-24)30(4,5)6/h7-20H,1-6H3/b31-27-,32-28-. The lowest BCUT2D eigenvalue weighted by molar-refractivity contribution is 0.586. The van der Waals surface area contributed by atoms with Gasteiger partial charge in [-0.1, -0.05) is 90.1 Å². The van der Waals surface area contributed by atoms with Gasteiger partial charge in [0.2, 0.25) is 0 Å². The first-order valence-electron chi connectivity index (χ1n) is 12.3. The third kappa shape index (κ3) is 5.87. The maximum atomic E-state index is 13.1. The highest BCUT2D eigenvalue weighted by Crippen LogP contribution is 2.27. The van der Waals surface area contributed by atoms with E-state index in [0.717, 1.165) is 11.1 Å². The van der Waals surface area contributed by atoms with Gasteiger partial charge in [-0.3, -0.25) is 0 Å². The van der Waals surface area contributed by atoms with E-state index in [9.17, 15) is 16.8 Å². The van der Waals surface area contributed by atoms with Crippen LogP contribution in [0.5, 0.6) is 0 Å². The molecule has 6 nitrogen and oxygen atoms in total. The predicted octanol–water partition coefficient (Wildman–Crippen LogP) is 6.21. The van der Waals surface area contributed by atoms with Crippen molar-refractivity contribution < 1.29 is 16.8 Å². The zero-order chi connectivity index (χ0) is 27.9. The Balaban J connectivity index is 1.71. The second-order valence-corrected chi connectivity index (χ2v) is 14.5. The van der Waals surface area contributed by atoms with Crippen molar-refractivity contribution in [3.63, 3.8) is 0 Å². The first kappa shape index (κ1) is 27.7. The minimum atomic E-state index is -4.00. The smallest absolute Gasteiger partial charge is 0.199 e. The molecule has 0 radical (unpaired) electrons. The van der Waals surface area contributed by atoms with Crippen LogP contribution in [0, 0.1) is 0 Å². The van der Waals surface area contributed by atoms with Crippen molar-refractivity contribution in [3.05, 3.63) is 107 Å². The molecule has 0 bridgehead atoms. The molecule has 3 aromatic carbocycles. The van der Waals surface area contributed by atoms with Crippen molar-refractivity contribution in [1.29, 1.82) is 0 Å². The fraction of sp³-hybridized carbons (Fsp3) is 0.267. The lowest BCUT2D eigenvalue weighted by Crippen LogP contribution is -2.16. The summed E-state index contributed by atoms with van der Waals surface area (Å²) in [5.41, 5.74) is 3.22. The Bertz CT molecular complexity index is 1540. The predicted molar refractivity (Wildman–Crippen MR) is 153 cm³/mol. The van der Waals surface area contributed by atoms with Crippen molar-refractivity contribution in [2.75, 3.05) is 0 Å². The maximum absolute atomic E-state index is 13.1. The first-order chi connectivity index (χ1) is 17.6. The van der Waals surface area contributed by atoms with E-state index in [2.05, 4.69) is 50.3 Å². The van der Waals surface area contributed by atoms with E-state index in [1.165, 1.54) is 12.2 Å². The van der Waals surface area contributed by atoms with Gasteiger partial charge in [-0.2, -0.15) is 25.6 Å². The SMILES string of the molecule is CC(C)(C)c1ccc(S(=O)(=O)/N=C2C=C/C(=N/S(=O)(=O)c3ccc(C(C)(C)C)cc3)c3ccccc3/2)cc1. The maximum Gasteiger partial charge on any atom is 0.282 e. The Morgan fingerprint density at radius 2 is 0.816 bits per heavy atom. The zero-order valence-corrected chi connectivity index (χ0v) is 24.1. The van der Waals surface area contributed by atoms with Gasteiger partial charge >= 0.3 is 0 Å². The lowest BCUT2D eigenvalue weighted by Gasteiger charge is -2.19. The number of hydrogen-bond acceptors (Lipinski definition) is 4. The summed E-state index contributed by atoms with van der Waals surface area (Å²) in [4.78, 5) is 0.175. The van der Waals surface area contributed by atoms with Crippen LogP contribution in [0.1, 0.15) is 63.8 Å². The molecule has 0 saturated carbocycles. The minimum Gasteiger partial charge on any atom is -0.199 e. The van der Waals surface area contributed by atoms with E-state index in [-0.39, 0.29) is 32.0 Å². The van der Waals surface area contributed by atoms with Crippen LogP contribution in [0.4, 0.5) is 0 Å². The molecule has 38 heavy (non-hydrogen) atoms. The molecular formula is C30H32N2O4S2. The van der Waals surface area contributed by atoms with Crippen molar-refractivity contribution in [3.8, 4) is 0 Å². The van der Waals surface area contributed by atoms with Gasteiger partial charge in [0.05, 0.1) is 21.2 Å². The monoisotopic (exact) mass is 548 g/mol. The average Bonchev–Trinajstić information content (AvgIpc) is 2.84. The highest BCUT2D eigenvalue weighted by molar-refractivity contribution is 7.90. The molecule has 0 aromatic heterocycles. The normalized spacial score (nSPS) is 16.6. The van der Waals surface area contributed by atoms with Crippen LogP contribution in [0.25, 0.3) is 0 Å². The summed E-state index contributed by atoms with van der Waals surface area (Å²) >= 11 is 0. The van der Waals surface area contributed by atoms with Crippen molar-refractivity contribution >= 4 is 31.5 Å². The van der Waals surface area contributed by atoms with Crippen LogP contribution in [-0.2, 0) is 30.9 Å². The molecule has 0 amide bonds. The summed E-state index contributed by atoms with van der Waals surface area (Å²) in [5.74, 6) is 0. The third-order valence-electron chi connectivity index (χ3n) is 6.35. The Morgan fingerprint density at radius 3 is 1.11 bits per heavy atom. The number of fused-ring (bicyclic) bond motifs is 1. The second-order valence-electron chi connectivity index (χ2n) is 11.3. The van der Waals surface area contributed by atoms with Crippen LogP contribution < -0.4 is 0 Å². The molecule has 0 heterocycles. The van der Waals surface area contributed by atoms with Gasteiger partial charge in [0.15, 0.2) is 0 Å². The van der Waals surface area contributed by atoms with Gasteiger partial charge in [0.1, 0.15) is 0 Å². The van der Waals surface area contributed by atoms with E-state index >= 15 is 0 Å². The largest absolute Gasteiger partial charge is 0.282 e. The topological polar surface area (TPSA) is 93.0 Å². The Kier molecular flexibility index (Phi) is 7.10. The van der Waals surface area contributed by atoms with Crippen LogP contribution in [-0.4, -0.2) is 28.3 Å². The van der Waals surface area contributed by atoms with Crippen LogP contribution in [0.15, 0.2) is 104 Å². The molecule has 0 atom stereocenters. The molecule has 0 spiro atoms. The number of hydrogen-bond donors (Lipinski definition) is 0. The number of benzene rings is 3. The number of sulfonamides is 2. The quantitative estimate of drug-likeness (QED) is 0.388. The summed E-state index contributed by atoms with van der Waals surface area (Å²) in [6.07, 6.45) is 2.97.